The number of fused-ring (bicyclic) bond motifs is 6. The molecule has 1 spiro atoms. The Morgan fingerprint density at radius 2 is 1.54 bits per heavy atom. The maximum absolute atomic E-state index is 12.1. The molecule has 5 rings (SSSR count). The van der Waals surface area contributed by atoms with Crippen LogP contribution in [0.5, 0.6) is 0 Å². The zero-order chi connectivity index (χ0) is 16.6. The van der Waals surface area contributed by atoms with Gasteiger partial charge in [-0.25, -0.2) is 0 Å². The molecule has 4 saturated carbocycles. The molecule has 4 aliphatic carbocycles. The van der Waals surface area contributed by atoms with Crippen LogP contribution < -0.4 is 0 Å². The largest absolute Gasteiger partial charge is 0.389 e. The third-order valence-corrected chi connectivity index (χ3v) is 9.57. The fourth-order valence-electron chi connectivity index (χ4n) is 8.12. The molecule has 0 aromatic heterocycles. The van der Waals surface area contributed by atoms with Crippen LogP contribution in [0.4, 0.5) is 0 Å². The van der Waals surface area contributed by atoms with Crippen molar-refractivity contribution in [2.24, 2.45) is 28.6 Å². The third kappa shape index (κ3) is 1.70. The molecule has 0 radical (unpaired) electrons. The van der Waals surface area contributed by atoms with Crippen LogP contribution in [-0.4, -0.2) is 29.7 Å². The van der Waals surface area contributed by atoms with Crippen molar-refractivity contribution in [2.75, 3.05) is 13.2 Å². The summed E-state index contributed by atoms with van der Waals surface area (Å²) in [6.45, 7) is 6.33. The lowest BCUT2D eigenvalue weighted by atomic mass is 9.43. The molecule has 1 heterocycles. The van der Waals surface area contributed by atoms with Crippen LogP contribution in [0.1, 0.15) is 78.1 Å². The van der Waals surface area contributed by atoms with Gasteiger partial charge in [0.1, 0.15) is 0 Å². The van der Waals surface area contributed by atoms with Crippen molar-refractivity contribution in [3.05, 3.63) is 0 Å². The maximum atomic E-state index is 12.1. The van der Waals surface area contributed by atoms with Gasteiger partial charge in [-0.05, 0) is 68.1 Å². The Balaban J connectivity index is 1.52. The fraction of sp³-hybridized carbons (Fsp3) is 1.00. The quantitative estimate of drug-likeness (QED) is 0.719. The topological polar surface area (TPSA) is 38.7 Å². The molecule has 0 amide bonds. The summed E-state index contributed by atoms with van der Waals surface area (Å²) < 4.78 is 12.4. The number of hydrogen-bond acceptors (Lipinski definition) is 3. The van der Waals surface area contributed by atoms with Crippen LogP contribution in [0.25, 0.3) is 0 Å². The van der Waals surface area contributed by atoms with E-state index in [1.807, 2.05) is 0 Å². The molecule has 1 saturated heterocycles. The van der Waals surface area contributed by atoms with Gasteiger partial charge in [0.2, 0.25) is 0 Å². The number of hydrogen-bond donors (Lipinski definition) is 1. The van der Waals surface area contributed by atoms with Crippen LogP contribution in [0.2, 0.25) is 0 Å². The highest BCUT2D eigenvalue weighted by molar-refractivity contribution is 5.18. The summed E-state index contributed by atoms with van der Waals surface area (Å²) in [6, 6.07) is 0. The molecule has 0 aromatic carbocycles. The van der Waals surface area contributed by atoms with Gasteiger partial charge in [-0.2, -0.15) is 0 Å². The summed E-state index contributed by atoms with van der Waals surface area (Å²) in [7, 11) is 0. The second-order valence-electron chi connectivity index (χ2n) is 9.98. The Morgan fingerprint density at radius 3 is 2.33 bits per heavy atom. The molecule has 1 aliphatic heterocycles. The van der Waals surface area contributed by atoms with E-state index >= 15 is 0 Å². The molecular weight excluding hydrogens is 300 g/mol. The second-order valence-corrected chi connectivity index (χ2v) is 9.98. The van der Waals surface area contributed by atoms with Gasteiger partial charge < -0.3 is 14.6 Å². The van der Waals surface area contributed by atoms with Gasteiger partial charge in [0.15, 0.2) is 5.79 Å². The van der Waals surface area contributed by atoms with Crippen LogP contribution in [-0.2, 0) is 9.47 Å². The van der Waals surface area contributed by atoms with E-state index in [9.17, 15) is 5.11 Å². The van der Waals surface area contributed by atoms with Crippen molar-refractivity contribution in [3.8, 4) is 0 Å². The number of rotatable bonds is 0. The molecule has 3 nitrogen and oxygen atoms in total. The van der Waals surface area contributed by atoms with Gasteiger partial charge >= 0.3 is 0 Å². The molecule has 24 heavy (non-hydrogen) atoms. The zero-order valence-corrected chi connectivity index (χ0v) is 15.5. The predicted molar refractivity (Wildman–Crippen MR) is 92.4 cm³/mol. The lowest BCUT2D eigenvalue weighted by Gasteiger charge is -2.65. The Labute approximate surface area is 146 Å². The standard InChI is InChI=1S/C21H34O3/c1-18-9-4-3-5-15(18)6-7-17-16-8-10-21(23-13-14-24-21)19(16,2)11-12-20(17,18)22/h15-17,22H,3-14H2,1-2H3/t15?,16?,17?,18-,19-,20+/m0/s1. The summed E-state index contributed by atoms with van der Waals surface area (Å²) in [4.78, 5) is 0. The van der Waals surface area contributed by atoms with Crippen molar-refractivity contribution in [3.63, 3.8) is 0 Å². The summed E-state index contributed by atoms with van der Waals surface area (Å²) >= 11 is 0. The minimum atomic E-state index is -0.454. The van der Waals surface area contributed by atoms with Gasteiger partial charge in [-0.15, -0.1) is 0 Å². The second kappa shape index (κ2) is 4.98. The summed E-state index contributed by atoms with van der Waals surface area (Å²) in [5.74, 6) is 1.41. The normalized spacial score (nSPS) is 55.9. The minimum absolute atomic E-state index is 0.0955. The molecule has 3 heteroatoms. The van der Waals surface area contributed by atoms with E-state index < -0.39 is 5.60 Å². The first-order valence-electron chi connectivity index (χ1n) is 10.5. The SMILES string of the molecule is C[C@]12CC[C@@]3(O)C(CCC4CCCC[C@@]43C)C1CCC21OCCO1. The molecule has 0 bridgehead atoms. The van der Waals surface area contributed by atoms with Gasteiger partial charge in [0, 0.05) is 11.8 Å². The third-order valence-electron chi connectivity index (χ3n) is 9.57. The molecular formula is C21H34O3. The molecule has 5 aliphatic rings. The van der Waals surface area contributed by atoms with Gasteiger partial charge in [-0.3, -0.25) is 0 Å². The van der Waals surface area contributed by atoms with Crippen molar-refractivity contribution >= 4 is 0 Å². The Morgan fingerprint density at radius 1 is 0.750 bits per heavy atom. The molecule has 3 unspecified atom stereocenters. The monoisotopic (exact) mass is 334 g/mol. The van der Waals surface area contributed by atoms with E-state index in [-0.39, 0.29) is 16.6 Å². The lowest BCUT2D eigenvalue weighted by Crippen LogP contribution is -2.66. The summed E-state index contributed by atoms with van der Waals surface area (Å²) in [5, 5.41) is 12.1. The Kier molecular flexibility index (Phi) is 3.34. The highest BCUT2D eigenvalue weighted by atomic mass is 16.7. The van der Waals surface area contributed by atoms with E-state index in [0.717, 1.165) is 38.4 Å². The average molecular weight is 335 g/mol. The zero-order valence-electron chi connectivity index (χ0n) is 15.5. The van der Waals surface area contributed by atoms with Gasteiger partial charge in [0.25, 0.3) is 0 Å². The van der Waals surface area contributed by atoms with Crippen molar-refractivity contribution < 1.29 is 14.6 Å². The first-order valence-corrected chi connectivity index (χ1v) is 10.5. The van der Waals surface area contributed by atoms with E-state index in [2.05, 4.69) is 13.8 Å². The van der Waals surface area contributed by atoms with E-state index in [4.69, 9.17) is 9.47 Å². The lowest BCUT2D eigenvalue weighted by molar-refractivity contribution is -0.280. The van der Waals surface area contributed by atoms with Crippen LogP contribution in [0, 0.1) is 28.6 Å². The van der Waals surface area contributed by atoms with Crippen LogP contribution in [0.3, 0.4) is 0 Å². The molecule has 5 fully saturated rings. The first kappa shape index (κ1) is 16.1. The van der Waals surface area contributed by atoms with E-state index in [1.54, 1.807) is 0 Å². The van der Waals surface area contributed by atoms with Gasteiger partial charge in [-0.1, -0.05) is 26.7 Å². The smallest absolute Gasteiger partial charge is 0.174 e. The predicted octanol–water partition coefficient (Wildman–Crippen LogP) is 4.28. The number of ether oxygens (including phenoxy) is 2. The van der Waals surface area contributed by atoms with Crippen LogP contribution >= 0.6 is 0 Å². The average Bonchev–Trinajstić information content (AvgIpc) is 3.16. The van der Waals surface area contributed by atoms with E-state index in [1.165, 1.54) is 44.9 Å². The summed E-state index contributed by atoms with van der Waals surface area (Å²) in [5.41, 5.74) is -0.217. The first-order chi connectivity index (χ1) is 11.5. The van der Waals surface area contributed by atoms with Crippen LogP contribution in [0.15, 0.2) is 0 Å². The highest BCUT2D eigenvalue weighted by Gasteiger charge is 2.71. The number of aliphatic hydroxyl groups is 1. The molecule has 6 atom stereocenters. The summed E-state index contributed by atoms with van der Waals surface area (Å²) in [6.07, 6.45) is 12.0. The Hall–Kier alpha value is -0.120. The van der Waals surface area contributed by atoms with E-state index in [0.29, 0.717) is 11.8 Å². The fourth-order valence-corrected chi connectivity index (χ4v) is 8.12. The Bertz CT molecular complexity index is 527. The maximum Gasteiger partial charge on any atom is 0.174 e. The van der Waals surface area contributed by atoms with Crippen molar-refractivity contribution in [2.45, 2.75) is 89.4 Å². The van der Waals surface area contributed by atoms with Crippen molar-refractivity contribution in [1.29, 1.82) is 0 Å². The van der Waals surface area contributed by atoms with Gasteiger partial charge in [0.05, 0.1) is 18.8 Å². The molecule has 136 valence electrons. The molecule has 1 N–H and O–H groups in total. The minimum Gasteiger partial charge on any atom is -0.389 e. The van der Waals surface area contributed by atoms with Crippen molar-refractivity contribution in [1.82, 2.24) is 0 Å². The molecule has 0 aromatic rings. The highest BCUT2D eigenvalue weighted by Crippen LogP contribution is 2.70.